The molecule has 0 heterocycles. The van der Waals surface area contributed by atoms with Crippen LogP contribution in [-0.4, -0.2) is 0 Å². The molecule has 0 saturated heterocycles. The highest BCUT2D eigenvalue weighted by Gasteiger charge is 2.26. The fourth-order valence-electron chi connectivity index (χ4n) is 4.50. The molecule has 0 unspecified atom stereocenters. The summed E-state index contributed by atoms with van der Waals surface area (Å²) in [6, 6.07) is 8.74. The van der Waals surface area contributed by atoms with Gasteiger partial charge in [-0.3, -0.25) is 0 Å². The van der Waals surface area contributed by atoms with E-state index in [0.717, 1.165) is 11.4 Å². The summed E-state index contributed by atoms with van der Waals surface area (Å²) in [5.74, 6) is 2.01. The van der Waals surface area contributed by atoms with Gasteiger partial charge in [0.1, 0.15) is 0 Å². The summed E-state index contributed by atoms with van der Waals surface area (Å²) in [6.07, 6.45) is 0. The molecule has 2 heteroatoms. The minimum Gasteiger partial charge on any atom is -0.399 e. The number of benzene rings is 2. The molecular weight excluding hydrogens is 340 g/mol. The lowest BCUT2D eigenvalue weighted by Gasteiger charge is -2.30. The number of anilines is 2. The van der Waals surface area contributed by atoms with Crippen LogP contribution in [-0.2, 0) is 0 Å². The van der Waals surface area contributed by atoms with Gasteiger partial charge < -0.3 is 11.5 Å². The van der Waals surface area contributed by atoms with Gasteiger partial charge in [0.2, 0.25) is 0 Å². The molecule has 0 atom stereocenters. The summed E-state index contributed by atoms with van der Waals surface area (Å²) in [5, 5.41) is 0. The summed E-state index contributed by atoms with van der Waals surface area (Å²) in [5.41, 5.74) is 22.7. The summed E-state index contributed by atoms with van der Waals surface area (Å²) in [7, 11) is 0. The first-order chi connectivity index (χ1) is 13.0. The van der Waals surface area contributed by atoms with Crippen LogP contribution in [0.2, 0.25) is 0 Å². The maximum atomic E-state index is 6.30. The molecule has 2 rings (SSSR count). The maximum Gasteiger partial charge on any atom is 0.0319 e. The van der Waals surface area contributed by atoms with Crippen LogP contribution in [0.25, 0.3) is 0 Å². The monoisotopic (exact) mass is 380 g/mol. The molecule has 2 aromatic rings. The Morgan fingerprint density at radius 1 is 0.464 bits per heavy atom. The Morgan fingerprint density at radius 2 is 0.679 bits per heavy atom. The van der Waals surface area contributed by atoms with Crippen molar-refractivity contribution < 1.29 is 0 Å². The first kappa shape index (κ1) is 22.3. The Kier molecular flexibility index (Phi) is 6.85. The number of nitrogen functional groups attached to an aromatic ring is 2. The number of hydrogen-bond donors (Lipinski definition) is 2. The van der Waals surface area contributed by atoms with Crippen LogP contribution < -0.4 is 11.5 Å². The van der Waals surface area contributed by atoms with Gasteiger partial charge >= 0.3 is 0 Å². The molecule has 4 N–H and O–H groups in total. The average molecular weight is 381 g/mol. The molecule has 0 spiro atoms. The lowest BCUT2D eigenvalue weighted by atomic mass is 9.74. The zero-order valence-corrected chi connectivity index (χ0v) is 19.4. The van der Waals surface area contributed by atoms with Crippen molar-refractivity contribution in [3.8, 4) is 0 Å². The summed E-state index contributed by atoms with van der Waals surface area (Å²) in [6.45, 7) is 20.5. The first-order valence-corrected chi connectivity index (χ1v) is 10.8. The van der Waals surface area contributed by atoms with E-state index in [4.69, 9.17) is 11.5 Å². The largest absolute Gasteiger partial charge is 0.399 e. The van der Waals surface area contributed by atoms with Gasteiger partial charge in [-0.1, -0.05) is 62.3 Å². The molecule has 2 nitrogen and oxygen atoms in total. The number of hydrogen-bond acceptors (Lipinski definition) is 2. The van der Waals surface area contributed by atoms with Crippen molar-refractivity contribution in [2.75, 3.05) is 11.5 Å². The minimum absolute atomic E-state index is 0.297. The normalized spacial score (nSPS) is 12.2. The Hall–Kier alpha value is -1.96. The Balaban J connectivity index is 2.89. The van der Waals surface area contributed by atoms with Crippen LogP contribution in [0.1, 0.15) is 125 Å². The third-order valence-electron chi connectivity index (χ3n) is 5.89. The van der Waals surface area contributed by atoms with Crippen molar-refractivity contribution in [2.24, 2.45) is 0 Å². The van der Waals surface area contributed by atoms with Crippen molar-refractivity contribution in [3.05, 3.63) is 57.6 Å². The fraction of sp³-hybridized carbons (Fsp3) is 0.538. The second kappa shape index (κ2) is 8.59. The highest BCUT2D eigenvalue weighted by Crippen LogP contribution is 2.43. The molecule has 2 aromatic carbocycles. The van der Waals surface area contributed by atoms with Crippen molar-refractivity contribution in [2.45, 2.75) is 91.9 Å². The van der Waals surface area contributed by atoms with E-state index in [1.807, 2.05) is 0 Å². The molecule has 154 valence electrons. The molecule has 0 aliphatic rings. The van der Waals surface area contributed by atoms with Crippen LogP contribution in [0, 0.1) is 0 Å². The van der Waals surface area contributed by atoms with Crippen molar-refractivity contribution in [1.29, 1.82) is 0 Å². The van der Waals surface area contributed by atoms with Crippen molar-refractivity contribution in [1.82, 2.24) is 0 Å². The summed E-state index contributed by atoms with van der Waals surface area (Å²) in [4.78, 5) is 0. The SMILES string of the molecule is CC(C)c1cc(N)cc(C(C)C)c1C(C)c1c(C(C)C)cc(N)cc1C(C)C. The highest BCUT2D eigenvalue weighted by molar-refractivity contribution is 5.59. The summed E-state index contributed by atoms with van der Waals surface area (Å²) < 4.78 is 0. The second-order valence-electron chi connectivity index (χ2n) is 9.57. The van der Waals surface area contributed by atoms with E-state index >= 15 is 0 Å². The van der Waals surface area contributed by atoms with Crippen LogP contribution in [0.15, 0.2) is 24.3 Å². The van der Waals surface area contributed by atoms with Crippen LogP contribution in [0.5, 0.6) is 0 Å². The van der Waals surface area contributed by atoms with Crippen LogP contribution in [0.3, 0.4) is 0 Å². The zero-order valence-electron chi connectivity index (χ0n) is 19.4. The predicted octanol–water partition coefficient (Wildman–Crippen LogP) is 7.50. The van der Waals surface area contributed by atoms with Gasteiger partial charge in [-0.15, -0.1) is 0 Å². The molecule has 0 aliphatic heterocycles. The quantitative estimate of drug-likeness (QED) is 0.510. The van der Waals surface area contributed by atoms with E-state index in [-0.39, 0.29) is 0 Å². The molecule has 0 aliphatic carbocycles. The van der Waals surface area contributed by atoms with E-state index in [0.29, 0.717) is 29.6 Å². The standard InChI is InChI=1S/C26H40N2/c1-14(2)21-10-19(27)11-22(15(3)4)25(21)18(9)26-23(16(5)6)12-20(28)13-24(26)17(7)8/h10-18H,27-28H2,1-9H3. The van der Waals surface area contributed by atoms with E-state index in [2.05, 4.69) is 86.6 Å². The molecule has 0 bridgehead atoms. The van der Waals surface area contributed by atoms with E-state index in [9.17, 15) is 0 Å². The molecule has 28 heavy (non-hydrogen) atoms. The van der Waals surface area contributed by atoms with Crippen molar-refractivity contribution in [3.63, 3.8) is 0 Å². The van der Waals surface area contributed by atoms with E-state index in [1.54, 1.807) is 0 Å². The molecule has 0 aromatic heterocycles. The van der Waals surface area contributed by atoms with Gasteiger partial charge in [0.15, 0.2) is 0 Å². The van der Waals surface area contributed by atoms with Crippen molar-refractivity contribution >= 4 is 11.4 Å². The topological polar surface area (TPSA) is 52.0 Å². The Morgan fingerprint density at radius 3 is 0.857 bits per heavy atom. The third kappa shape index (κ3) is 4.37. The first-order valence-electron chi connectivity index (χ1n) is 10.8. The second-order valence-corrected chi connectivity index (χ2v) is 9.57. The van der Waals surface area contributed by atoms with Gasteiger partial charge in [-0.05, 0) is 81.3 Å². The maximum absolute atomic E-state index is 6.30. The highest BCUT2D eigenvalue weighted by atomic mass is 14.6. The van der Waals surface area contributed by atoms with E-state index in [1.165, 1.54) is 33.4 Å². The molecule has 0 radical (unpaired) electrons. The smallest absolute Gasteiger partial charge is 0.0319 e. The Bertz CT molecular complexity index is 701. The van der Waals surface area contributed by atoms with Gasteiger partial charge in [0.25, 0.3) is 0 Å². The number of rotatable bonds is 6. The van der Waals surface area contributed by atoms with Gasteiger partial charge in [-0.25, -0.2) is 0 Å². The molecule has 0 fully saturated rings. The van der Waals surface area contributed by atoms with Crippen LogP contribution >= 0.6 is 0 Å². The number of nitrogens with two attached hydrogens (primary N) is 2. The van der Waals surface area contributed by atoms with E-state index < -0.39 is 0 Å². The predicted molar refractivity (Wildman–Crippen MR) is 126 cm³/mol. The molecule has 0 amide bonds. The minimum atomic E-state index is 0.297. The zero-order chi connectivity index (χ0) is 21.3. The third-order valence-corrected chi connectivity index (χ3v) is 5.89. The van der Waals surface area contributed by atoms with Gasteiger partial charge in [0, 0.05) is 17.3 Å². The summed E-state index contributed by atoms with van der Waals surface area (Å²) >= 11 is 0. The lowest BCUT2D eigenvalue weighted by Crippen LogP contribution is -2.14. The average Bonchev–Trinajstić information content (AvgIpc) is 2.59. The molecule has 0 saturated carbocycles. The molecular formula is C26H40N2. The lowest BCUT2D eigenvalue weighted by molar-refractivity contribution is 0.731. The Labute approximate surface area is 172 Å². The fourth-order valence-corrected chi connectivity index (χ4v) is 4.50. The van der Waals surface area contributed by atoms with Crippen LogP contribution in [0.4, 0.5) is 11.4 Å². The van der Waals surface area contributed by atoms with Gasteiger partial charge in [0.05, 0.1) is 0 Å². The van der Waals surface area contributed by atoms with Gasteiger partial charge in [-0.2, -0.15) is 0 Å².